The van der Waals surface area contributed by atoms with Gasteiger partial charge in [-0.25, -0.2) is 0 Å². The topological polar surface area (TPSA) is 19.4 Å². The first-order valence-corrected chi connectivity index (χ1v) is 20.3. The number of aromatic nitrogens is 1. The summed E-state index contributed by atoms with van der Waals surface area (Å²) < 4.78 is 1.88. The van der Waals surface area contributed by atoms with E-state index in [1.54, 1.807) is 12.4 Å². The Morgan fingerprint density at radius 1 is 0.738 bits per heavy atom. The Hall–Kier alpha value is -2.00. The van der Waals surface area contributed by atoms with Crippen LogP contribution in [0.5, 0.6) is 0 Å². The molecule has 6 heteroatoms. The number of hydrogen-bond acceptors (Lipinski definition) is 3. The Bertz CT molecular complexity index is 1260. The normalized spacial score (nSPS) is 17.7. The van der Waals surface area contributed by atoms with Gasteiger partial charge in [-0.3, -0.25) is 4.98 Å². The zero-order valence-corrected chi connectivity index (χ0v) is 30.0. The van der Waals surface area contributed by atoms with Crippen molar-refractivity contribution in [3.05, 3.63) is 106 Å². The summed E-state index contributed by atoms with van der Waals surface area (Å²) in [5.41, 5.74) is 13.6. The molecule has 1 aromatic heterocycles. The number of nitrogens with zero attached hydrogens (tertiary/aromatic N) is 3. The largest absolute Gasteiger partial charge is 0.499 e. The molecule has 3 nitrogen and oxygen atoms in total. The van der Waals surface area contributed by atoms with Gasteiger partial charge in [-0.05, 0) is 101 Å². The van der Waals surface area contributed by atoms with Gasteiger partial charge < -0.3 is 9.80 Å². The Balaban J connectivity index is 0.000000265. The van der Waals surface area contributed by atoms with E-state index < -0.39 is 13.5 Å². The van der Waals surface area contributed by atoms with E-state index in [1.807, 2.05) is 43.6 Å². The summed E-state index contributed by atoms with van der Waals surface area (Å²) in [5, 5.41) is 0. The van der Waals surface area contributed by atoms with Crippen LogP contribution in [0.4, 0.5) is 11.4 Å². The van der Waals surface area contributed by atoms with Crippen LogP contribution >= 0.6 is 19.4 Å². The fourth-order valence-corrected chi connectivity index (χ4v) is 7.57. The second-order valence-electron chi connectivity index (χ2n) is 11.9. The van der Waals surface area contributed by atoms with Gasteiger partial charge in [0.05, 0.1) is 0 Å². The summed E-state index contributed by atoms with van der Waals surface area (Å²) in [5.74, 6) is 0. The van der Waals surface area contributed by atoms with E-state index in [2.05, 4.69) is 87.3 Å². The van der Waals surface area contributed by atoms with Crippen LogP contribution in [0.1, 0.15) is 78.5 Å². The molecule has 2 atom stereocenters. The number of benzene rings is 2. The van der Waals surface area contributed by atoms with Crippen LogP contribution in [0.15, 0.2) is 60.4 Å². The maximum absolute atomic E-state index is 5.53. The molecular formula is C36H48Cl2N3Ru-. The minimum absolute atomic E-state index is 0.582. The van der Waals surface area contributed by atoms with E-state index in [0.29, 0.717) is 12.1 Å². The van der Waals surface area contributed by atoms with Crippen LogP contribution in [0, 0.1) is 55.1 Å². The Morgan fingerprint density at radius 2 is 1.14 bits per heavy atom. The van der Waals surface area contributed by atoms with Crippen molar-refractivity contribution in [2.45, 2.75) is 100 Å². The molecule has 230 valence electrons. The van der Waals surface area contributed by atoms with Crippen LogP contribution < -0.4 is 9.80 Å². The van der Waals surface area contributed by atoms with Crippen molar-refractivity contribution < 1.29 is 13.5 Å². The van der Waals surface area contributed by atoms with Crippen LogP contribution in [-0.4, -0.2) is 21.7 Å². The molecule has 1 aliphatic heterocycles. The van der Waals surface area contributed by atoms with Crippen LogP contribution in [-0.2, 0) is 13.5 Å². The minimum Gasteiger partial charge on any atom is -0.499 e. The number of anilines is 2. The quantitative estimate of drug-likeness (QED) is 0.201. The van der Waals surface area contributed by atoms with Crippen LogP contribution in [0.3, 0.4) is 0 Å². The SMILES string of the molecule is CC(C)=C[CH]=[Ru]([Cl])[Cl].Cc1cc(C)c(N2[CH-]N(c3c(C)cc(C)cc3C)C3CCCCC32)c(C)c1.Cc1ccncc1. The molecule has 2 aliphatic rings. The van der Waals surface area contributed by atoms with Crippen molar-refractivity contribution in [3.63, 3.8) is 0 Å². The summed E-state index contributed by atoms with van der Waals surface area (Å²) in [7, 11) is 11.1. The molecule has 3 aromatic rings. The maximum Gasteiger partial charge on any atom is 0.0270 e. The van der Waals surface area contributed by atoms with Gasteiger partial charge in [0.2, 0.25) is 0 Å². The molecule has 0 bridgehead atoms. The second-order valence-corrected chi connectivity index (χ2v) is 17.7. The first kappa shape index (κ1) is 34.5. The van der Waals surface area contributed by atoms with Crippen molar-refractivity contribution in [3.8, 4) is 0 Å². The van der Waals surface area contributed by atoms with E-state index in [-0.39, 0.29) is 0 Å². The average molecular weight is 695 g/mol. The fourth-order valence-electron chi connectivity index (χ4n) is 6.24. The van der Waals surface area contributed by atoms with E-state index in [0.717, 1.165) is 0 Å². The molecule has 1 saturated carbocycles. The zero-order valence-electron chi connectivity index (χ0n) is 26.8. The number of allylic oxidation sites excluding steroid dienone is 2. The number of halogens is 2. The molecule has 0 radical (unpaired) electrons. The summed E-state index contributed by atoms with van der Waals surface area (Å²) in [6, 6.07) is 14.4. The molecule has 1 saturated heterocycles. The molecule has 2 unspecified atom stereocenters. The Morgan fingerprint density at radius 3 is 1.43 bits per heavy atom. The summed E-state index contributed by atoms with van der Waals surface area (Å²) in [4.78, 5) is 9.05. The summed E-state index contributed by atoms with van der Waals surface area (Å²) in [6.07, 6.45) is 10.8. The fraction of sp³-hybridized carbons (Fsp3) is 0.417. The van der Waals surface area contributed by atoms with Crippen molar-refractivity contribution in [2.24, 2.45) is 0 Å². The average Bonchev–Trinajstić information content (AvgIpc) is 3.26. The van der Waals surface area contributed by atoms with Crippen LogP contribution in [0.25, 0.3) is 0 Å². The minimum atomic E-state index is -1.52. The predicted octanol–water partition coefficient (Wildman–Crippen LogP) is 10.4. The molecule has 0 N–H and O–H groups in total. The van der Waals surface area contributed by atoms with E-state index in [1.165, 1.54) is 81.6 Å². The summed E-state index contributed by atoms with van der Waals surface area (Å²) in [6.45, 7) is 22.0. The van der Waals surface area contributed by atoms with Gasteiger partial charge in [-0.15, -0.1) is 0 Å². The van der Waals surface area contributed by atoms with E-state index in [9.17, 15) is 0 Å². The molecule has 0 amide bonds. The van der Waals surface area contributed by atoms with Crippen molar-refractivity contribution >= 4 is 35.4 Å². The standard InChI is InChI=1S/C25H33N2.C6H7N.C5H8.2ClH.Ru/c1-16-11-18(3)24(19(4)12-16)26-15-27(23-10-8-7-9-22(23)26)25-20(5)13-17(2)14-21(25)6;1-6-2-4-7-5-3-6;1-4-5(2)3;;;/h11-15,22-23H,7-10H2,1-6H3;2-5H,1H3;1,4H,2-3H3;2*1H;/q-1;;;;;+2/p-2. The third-order valence-corrected chi connectivity index (χ3v) is 9.55. The van der Waals surface area contributed by atoms with E-state index in [4.69, 9.17) is 19.4 Å². The second kappa shape index (κ2) is 16.2. The van der Waals surface area contributed by atoms with Gasteiger partial charge in [0.15, 0.2) is 0 Å². The van der Waals surface area contributed by atoms with Gasteiger partial charge in [0, 0.05) is 35.9 Å². The van der Waals surface area contributed by atoms with Gasteiger partial charge >= 0.3 is 63.0 Å². The van der Waals surface area contributed by atoms with Gasteiger partial charge in [0.25, 0.3) is 0 Å². The number of pyridine rings is 1. The molecule has 0 spiro atoms. The summed E-state index contributed by atoms with van der Waals surface area (Å²) >= 11 is -1.52. The van der Waals surface area contributed by atoms with Crippen molar-refractivity contribution in [1.29, 1.82) is 0 Å². The zero-order chi connectivity index (χ0) is 31.0. The third kappa shape index (κ3) is 9.50. The first-order valence-electron chi connectivity index (χ1n) is 14.8. The van der Waals surface area contributed by atoms with Gasteiger partial charge in [-0.2, -0.15) is 6.67 Å². The number of rotatable bonds is 3. The number of hydrogen-bond donors (Lipinski definition) is 0. The molecule has 1 aliphatic carbocycles. The first-order chi connectivity index (χ1) is 19.9. The van der Waals surface area contributed by atoms with Crippen molar-refractivity contribution in [1.82, 2.24) is 4.98 Å². The molecule has 2 aromatic carbocycles. The maximum atomic E-state index is 5.53. The molecule has 42 heavy (non-hydrogen) atoms. The van der Waals surface area contributed by atoms with Gasteiger partial charge in [0.1, 0.15) is 0 Å². The molecule has 2 heterocycles. The smallest absolute Gasteiger partial charge is 0.0270 e. The molecule has 2 fully saturated rings. The predicted molar refractivity (Wildman–Crippen MR) is 183 cm³/mol. The molecule has 5 rings (SSSR count). The Labute approximate surface area is 268 Å². The number of fused-ring (bicyclic) bond motifs is 1. The van der Waals surface area contributed by atoms with Crippen molar-refractivity contribution in [2.75, 3.05) is 9.80 Å². The number of aryl methyl sites for hydroxylation is 7. The Kier molecular flexibility index (Phi) is 13.3. The van der Waals surface area contributed by atoms with E-state index >= 15 is 0 Å². The monoisotopic (exact) mass is 694 g/mol. The van der Waals surface area contributed by atoms with Gasteiger partial charge in [-0.1, -0.05) is 48.2 Å². The van der Waals surface area contributed by atoms with Crippen LogP contribution in [0.2, 0.25) is 0 Å². The molecular weight excluding hydrogens is 646 g/mol. The third-order valence-electron chi connectivity index (χ3n) is 7.77.